The third kappa shape index (κ3) is 4.94. The molecule has 0 aliphatic rings. The van der Waals surface area contributed by atoms with E-state index in [1.54, 1.807) is 6.33 Å². The van der Waals surface area contributed by atoms with Crippen LogP contribution in [0.3, 0.4) is 0 Å². The Labute approximate surface area is 191 Å². The Balaban J connectivity index is 1.58. The molecule has 1 aromatic heterocycles. The lowest BCUT2D eigenvalue weighted by molar-refractivity contribution is 0.520. The summed E-state index contributed by atoms with van der Waals surface area (Å²) in [4.78, 5) is 13.5. The Bertz CT molecular complexity index is 1190. The molecule has 1 heterocycles. The molecule has 0 N–H and O–H groups in total. The topological polar surface area (TPSA) is 38.7 Å². The van der Waals surface area contributed by atoms with Crippen molar-refractivity contribution in [2.45, 2.75) is 51.9 Å². The van der Waals surface area contributed by atoms with Gasteiger partial charge in [0.1, 0.15) is 6.33 Å². The minimum Gasteiger partial charge on any atom is -0.217 e. The van der Waals surface area contributed by atoms with Crippen LogP contribution >= 0.6 is 0 Å². The van der Waals surface area contributed by atoms with E-state index in [2.05, 4.69) is 93.1 Å². The largest absolute Gasteiger partial charge is 0.217 e. The highest BCUT2D eigenvalue weighted by Crippen LogP contribution is 2.31. The molecule has 0 unspecified atom stereocenters. The predicted octanol–water partition coefficient (Wildman–Crippen LogP) is 7.02. The van der Waals surface area contributed by atoms with Gasteiger partial charge in [0.15, 0.2) is 11.6 Å². The zero-order valence-electron chi connectivity index (χ0n) is 19.6. The summed E-state index contributed by atoms with van der Waals surface area (Å²) < 4.78 is 0. The summed E-state index contributed by atoms with van der Waals surface area (Å²) in [7, 11) is 0. The summed E-state index contributed by atoms with van der Waals surface area (Å²) in [5.41, 5.74) is 6.18. The normalized spacial score (nSPS) is 12.0. The van der Waals surface area contributed by atoms with Gasteiger partial charge in [-0.05, 0) is 40.0 Å². The number of rotatable bonds is 5. The fraction of sp³-hybridized carbons (Fsp3) is 0.276. The first-order chi connectivity index (χ1) is 15.2. The van der Waals surface area contributed by atoms with Crippen LogP contribution in [-0.2, 0) is 17.3 Å². The molecule has 4 aromatic rings. The van der Waals surface area contributed by atoms with Crippen LogP contribution in [0.5, 0.6) is 0 Å². The summed E-state index contributed by atoms with van der Waals surface area (Å²) in [6.07, 6.45) is 2.53. The summed E-state index contributed by atoms with van der Waals surface area (Å²) in [5.74, 6) is 1.40. The molecular formula is C29H31N3. The highest BCUT2D eigenvalue weighted by molar-refractivity contribution is 5.61. The molecule has 3 heteroatoms. The maximum absolute atomic E-state index is 4.72. The van der Waals surface area contributed by atoms with Crippen molar-refractivity contribution in [3.63, 3.8) is 0 Å². The molecule has 3 nitrogen and oxygen atoms in total. The molecule has 3 aromatic carbocycles. The Morgan fingerprint density at radius 2 is 1.22 bits per heavy atom. The second-order valence-corrected chi connectivity index (χ2v) is 10.1. The van der Waals surface area contributed by atoms with E-state index in [9.17, 15) is 0 Å². The lowest BCUT2D eigenvalue weighted by Gasteiger charge is -2.27. The molecule has 0 saturated heterocycles. The maximum atomic E-state index is 4.72. The van der Waals surface area contributed by atoms with Gasteiger partial charge in [0.05, 0.1) is 0 Å². The van der Waals surface area contributed by atoms with Crippen LogP contribution in [0.25, 0.3) is 22.8 Å². The quantitative estimate of drug-likeness (QED) is 0.347. The number of nitrogens with zero attached hydrogens (tertiary/aromatic N) is 3. The van der Waals surface area contributed by atoms with E-state index in [1.165, 1.54) is 16.7 Å². The van der Waals surface area contributed by atoms with Crippen LogP contribution in [0.15, 0.2) is 85.2 Å². The van der Waals surface area contributed by atoms with E-state index in [-0.39, 0.29) is 10.8 Å². The standard InChI is InChI=1S/C29H31N3/c1-28(2,3)24-14-16-25(17-15-24)29(4,5)19-21-10-9-13-23(18-21)27-31-20-30-26(32-27)22-11-7-6-8-12-22/h6-18,20H,19H2,1-5H3. The van der Waals surface area contributed by atoms with E-state index in [0.29, 0.717) is 11.6 Å². The Morgan fingerprint density at radius 3 is 1.88 bits per heavy atom. The van der Waals surface area contributed by atoms with Gasteiger partial charge in [-0.1, -0.05) is 107 Å². The molecule has 0 fully saturated rings. The molecule has 162 valence electrons. The lowest BCUT2D eigenvalue weighted by atomic mass is 9.77. The maximum Gasteiger partial charge on any atom is 0.163 e. The van der Waals surface area contributed by atoms with Gasteiger partial charge in [-0.25, -0.2) is 15.0 Å². The Morgan fingerprint density at radius 1 is 0.625 bits per heavy atom. The van der Waals surface area contributed by atoms with Gasteiger partial charge in [-0.15, -0.1) is 0 Å². The van der Waals surface area contributed by atoms with E-state index >= 15 is 0 Å². The van der Waals surface area contributed by atoms with Gasteiger partial charge in [0.2, 0.25) is 0 Å². The molecule has 0 saturated carbocycles. The fourth-order valence-corrected chi connectivity index (χ4v) is 4.02. The van der Waals surface area contributed by atoms with Crippen molar-refractivity contribution in [3.8, 4) is 22.8 Å². The number of benzene rings is 3. The summed E-state index contributed by atoms with van der Waals surface area (Å²) >= 11 is 0. The number of hydrogen-bond donors (Lipinski definition) is 0. The Hall–Kier alpha value is -3.33. The van der Waals surface area contributed by atoms with Crippen molar-refractivity contribution >= 4 is 0 Å². The molecule has 0 amide bonds. The zero-order chi connectivity index (χ0) is 22.8. The average molecular weight is 422 g/mol. The van der Waals surface area contributed by atoms with Crippen molar-refractivity contribution < 1.29 is 0 Å². The summed E-state index contributed by atoms with van der Waals surface area (Å²) in [5, 5.41) is 0. The van der Waals surface area contributed by atoms with Crippen LogP contribution in [0.1, 0.15) is 51.3 Å². The Kier molecular flexibility index (Phi) is 5.92. The molecule has 4 rings (SSSR count). The van der Waals surface area contributed by atoms with Gasteiger partial charge in [-0.2, -0.15) is 0 Å². The SMILES string of the molecule is CC(C)(C)c1ccc(C(C)(C)Cc2cccc(-c3ncnc(-c4ccccc4)n3)c2)cc1. The summed E-state index contributed by atoms with van der Waals surface area (Å²) in [6, 6.07) is 27.7. The zero-order valence-corrected chi connectivity index (χ0v) is 19.6. The van der Waals surface area contributed by atoms with E-state index in [1.807, 2.05) is 30.3 Å². The second-order valence-electron chi connectivity index (χ2n) is 10.1. The molecule has 0 aliphatic carbocycles. The van der Waals surface area contributed by atoms with Gasteiger partial charge < -0.3 is 0 Å². The van der Waals surface area contributed by atoms with Crippen LogP contribution in [0.2, 0.25) is 0 Å². The minimum atomic E-state index is 0.0172. The first-order valence-electron chi connectivity index (χ1n) is 11.2. The number of aromatic nitrogens is 3. The fourth-order valence-electron chi connectivity index (χ4n) is 4.02. The van der Waals surface area contributed by atoms with Gasteiger partial charge >= 0.3 is 0 Å². The van der Waals surface area contributed by atoms with Crippen LogP contribution in [0.4, 0.5) is 0 Å². The van der Waals surface area contributed by atoms with Gasteiger partial charge in [0.25, 0.3) is 0 Å². The third-order valence-electron chi connectivity index (χ3n) is 5.97. The van der Waals surface area contributed by atoms with Crippen molar-refractivity contribution in [1.29, 1.82) is 0 Å². The third-order valence-corrected chi connectivity index (χ3v) is 5.97. The molecule has 0 aliphatic heterocycles. The molecule has 32 heavy (non-hydrogen) atoms. The highest BCUT2D eigenvalue weighted by Gasteiger charge is 2.23. The first kappa shape index (κ1) is 21.9. The van der Waals surface area contributed by atoms with Crippen LogP contribution in [-0.4, -0.2) is 15.0 Å². The average Bonchev–Trinajstić information content (AvgIpc) is 2.79. The first-order valence-corrected chi connectivity index (χ1v) is 11.2. The molecular weight excluding hydrogens is 390 g/mol. The van der Waals surface area contributed by atoms with Gasteiger partial charge in [0, 0.05) is 11.1 Å². The number of hydrogen-bond acceptors (Lipinski definition) is 3. The second kappa shape index (κ2) is 8.66. The molecule has 0 radical (unpaired) electrons. The van der Waals surface area contributed by atoms with Crippen molar-refractivity contribution in [3.05, 3.63) is 102 Å². The smallest absolute Gasteiger partial charge is 0.163 e. The van der Waals surface area contributed by atoms with Gasteiger partial charge in [-0.3, -0.25) is 0 Å². The van der Waals surface area contributed by atoms with Crippen molar-refractivity contribution in [1.82, 2.24) is 15.0 Å². The summed E-state index contributed by atoms with van der Waals surface area (Å²) in [6.45, 7) is 11.4. The van der Waals surface area contributed by atoms with E-state index in [0.717, 1.165) is 17.5 Å². The lowest BCUT2D eigenvalue weighted by Crippen LogP contribution is -2.21. The van der Waals surface area contributed by atoms with Crippen molar-refractivity contribution in [2.75, 3.05) is 0 Å². The molecule has 0 spiro atoms. The predicted molar refractivity (Wildman–Crippen MR) is 133 cm³/mol. The van der Waals surface area contributed by atoms with E-state index in [4.69, 9.17) is 4.98 Å². The monoisotopic (exact) mass is 421 g/mol. The molecule has 0 bridgehead atoms. The van der Waals surface area contributed by atoms with Crippen molar-refractivity contribution in [2.24, 2.45) is 0 Å². The van der Waals surface area contributed by atoms with E-state index < -0.39 is 0 Å². The minimum absolute atomic E-state index is 0.0172. The highest BCUT2D eigenvalue weighted by atomic mass is 15.0. The molecule has 0 atom stereocenters. The van der Waals surface area contributed by atoms with Crippen LogP contribution < -0.4 is 0 Å². The van der Waals surface area contributed by atoms with Crippen LogP contribution in [0, 0.1) is 0 Å².